The second-order valence-electron chi connectivity index (χ2n) is 9.23. The number of aryl methyl sites for hydroxylation is 1. The summed E-state index contributed by atoms with van der Waals surface area (Å²) >= 11 is 6.10. The highest BCUT2D eigenvalue weighted by molar-refractivity contribution is 6.31. The van der Waals surface area contributed by atoms with E-state index >= 15 is 0 Å². The molecule has 43 heavy (non-hydrogen) atoms. The number of ether oxygens (including phenoxy) is 5. The predicted molar refractivity (Wildman–Crippen MR) is 152 cm³/mol. The van der Waals surface area contributed by atoms with E-state index in [0.717, 1.165) is 56.8 Å². The number of hydrazone groups is 1. The molecule has 0 spiro atoms. The molecule has 0 unspecified atom stereocenters. The summed E-state index contributed by atoms with van der Waals surface area (Å²) in [7, 11) is 0. The molecule has 1 aromatic carbocycles. The van der Waals surface area contributed by atoms with Gasteiger partial charge >= 0.3 is 29.8 Å². The summed E-state index contributed by atoms with van der Waals surface area (Å²) in [6.45, 7) is 7.64. The number of carbonyl (C=O) groups is 6. The monoisotopic (exact) mass is 621 g/mol. The molecule has 2 rings (SSSR count). The first kappa shape index (κ1) is 34.6. The number of pyridine rings is 1. The van der Waals surface area contributed by atoms with E-state index in [1.54, 1.807) is 31.2 Å². The van der Waals surface area contributed by atoms with Crippen LogP contribution in [0.3, 0.4) is 0 Å². The molecule has 15 heteroatoms. The standard InChI is InChI=1S/C28H32ClN3O11/c1-14-10-26(31-23-9-8-21(29)11-22(14)23)32(15(2)33)30-12-24(40-17(4)35)27(42-19(6)37)28(43-20(7)38)25(41-18(5)36)13-39-16(3)34/h8-12,24-25,27-28H,13H2,1-7H3/b30-12+/t24-,25+,27+,28-/m0/s1. The summed E-state index contributed by atoms with van der Waals surface area (Å²) in [5.74, 6) is -4.77. The number of hydrogen-bond acceptors (Lipinski definition) is 13. The topological polar surface area (TPSA) is 177 Å². The first-order chi connectivity index (χ1) is 20.1. The lowest BCUT2D eigenvalue weighted by Gasteiger charge is -2.34. The van der Waals surface area contributed by atoms with Gasteiger partial charge in [-0.2, -0.15) is 10.1 Å². The van der Waals surface area contributed by atoms with Crippen LogP contribution in [0.5, 0.6) is 0 Å². The number of fused-ring (bicyclic) bond motifs is 1. The van der Waals surface area contributed by atoms with Crippen molar-refractivity contribution in [1.82, 2.24) is 4.98 Å². The van der Waals surface area contributed by atoms with Gasteiger partial charge in [0.1, 0.15) is 6.61 Å². The molecule has 1 heterocycles. The Bertz CT molecular complexity index is 1430. The maximum absolute atomic E-state index is 12.7. The first-order valence-electron chi connectivity index (χ1n) is 12.8. The fraction of sp³-hybridized carbons (Fsp3) is 0.429. The normalized spacial score (nSPS) is 13.8. The van der Waals surface area contributed by atoms with Crippen LogP contribution in [0.2, 0.25) is 5.02 Å². The van der Waals surface area contributed by atoms with Gasteiger partial charge in [-0.25, -0.2) is 4.98 Å². The zero-order valence-electron chi connectivity index (χ0n) is 24.6. The number of nitrogens with zero attached hydrogens (tertiary/aromatic N) is 3. The van der Waals surface area contributed by atoms with Crippen LogP contribution in [0.1, 0.15) is 47.1 Å². The molecular weight excluding hydrogens is 590 g/mol. The predicted octanol–water partition coefficient (Wildman–Crippen LogP) is 2.83. The van der Waals surface area contributed by atoms with E-state index in [0.29, 0.717) is 10.5 Å². The Morgan fingerprint density at radius 1 is 0.837 bits per heavy atom. The average Bonchev–Trinajstić information content (AvgIpc) is 2.87. The van der Waals surface area contributed by atoms with Crippen molar-refractivity contribution in [2.45, 2.75) is 72.9 Å². The van der Waals surface area contributed by atoms with Crippen LogP contribution in [0.25, 0.3) is 10.9 Å². The van der Waals surface area contributed by atoms with Crippen LogP contribution >= 0.6 is 11.6 Å². The lowest BCUT2D eigenvalue weighted by atomic mass is 10.0. The summed E-state index contributed by atoms with van der Waals surface area (Å²) in [5.41, 5.74) is 1.24. The van der Waals surface area contributed by atoms with Crippen LogP contribution in [0, 0.1) is 6.92 Å². The van der Waals surface area contributed by atoms with Crippen molar-refractivity contribution >= 4 is 70.3 Å². The fourth-order valence-electron chi connectivity index (χ4n) is 3.93. The second-order valence-corrected chi connectivity index (χ2v) is 9.66. The Balaban J connectivity index is 2.66. The molecule has 0 N–H and O–H groups in total. The Labute approximate surface area is 252 Å². The third-order valence-corrected chi connectivity index (χ3v) is 5.73. The minimum atomic E-state index is -1.70. The van der Waals surface area contributed by atoms with Crippen molar-refractivity contribution < 1.29 is 52.5 Å². The summed E-state index contributed by atoms with van der Waals surface area (Å²) < 4.78 is 26.3. The smallest absolute Gasteiger partial charge is 0.303 e. The van der Waals surface area contributed by atoms with E-state index in [4.69, 9.17) is 35.3 Å². The van der Waals surface area contributed by atoms with Gasteiger partial charge in [-0.3, -0.25) is 28.8 Å². The van der Waals surface area contributed by atoms with Gasteiger partial charge in [-0.15, -0.1) is 0 Å². The molecule has 0 aliphatic rings. The number of hydrogen-bond donors (Lipinski definition) is 0. The molecule has 0 bridgehead atoms. The molecular formula is C28H32ClN3O11. The number of halogens is 1. The quantitative estimate of drug-likeness (QED) is 0.147. The highest BCUT2D eigenvalue weighted by Gasteiger charge is 2.43. The fourth-order valence-corrected chi connectivity index (χ4v) is 4.10. The van der Waals surface area contributed by atoms with Crippen LogP contribution in [-0.2, 0) is 52.5 Å². The molecule has 1 aromatic heterocycles. The second kappa shape index (κ2) is 15.6. The van der Waals surface area contributed by atoms with E-state index in [1.807, 2.05) is 0 Å². The average molecular weight is 622 g/mol. The van der Waals surface area contributed by atoms with Crippen LogP contribution in [0.4, 0.5) is 5.82 Å². The lowest BCUT2D eigenvalue weighted by molar-refractivity contribution is -0.197. The van der Waals surface area contributed by atoms with Crippen molar-refractivity contribution in [3.8, 4) is 0 Å². The van der Waals surface area contributed by atoms with E-state index in [-0.39, 0.29) is 5.82 Å². The van der Waals surface area contributed by atoms with Crippen LogP contribution in [-0.4, -0.2) is 78.0 Å². The third kappa shape index (κ3) is 10.6. The molecule has 0 saturated heterocycles. The number of esters is 5. The highest BCUT2D eigenvalue weighted by Crippen LogP contribution is 2.26. The number of carbonyl (C=O) groups excluding carboxylic acids is 6. The SMILES string of the molecule is CC(=O)OC[C@@H](OC(C)=O)[C@H](OC(C)=O)[C@H](OC(C)=O)[C@H](/C=N/N(C(C)=O)c1cc(C)c2cc(Cl)ccc2n1)OC(C)=O. The van der Waals surface area contributed by atoms with Gasteiger partial charge in [0.05, 0.1) is 11.7 Å². The molecule has 14 nitrogen and oxygen atoms in total. The first-order valence-corrected chi connectivity index (χ1v) is 13.2. The van der Waals surface area contributed by atoms with Crippen molar-refractivity contribution in [3.63, 3.8) is 0 Å². The lowest BCUT2D eigenvalue weighted by Crippen LogP contribution is -2.53. The zero-order valence-corrected chi connectivity index (χ0v) is 25.4. The summed E-state index contributed by atoms with van der Waals surface area (Å²) in [5, 5.41) is 6.31. The number of benzene rings is 1. The Kier molecular flexibility index (Phi) is 12.5. The zero-order chi connectivity index (χ0) is 32.4. The Morgan fingerprint density at radius 3 is 1.95 bits per heavy atom. The Hall–Kier alpha value is -4.59. The number of rotatable bonds is 12. The van der Waals surface area contributed by atoms with Crippen molar-refractivity contribution in [3.05, 3.63) is 34.9 Å². The Morgan fingerprint density at radius 2 is 1.42 bits per heavy atom. The number of aromatic nitrogens is 1. The maximum Gasteiger partial charge on any atom is 0.303 e. The molecule has 0 aliphatic heterocycles. The van der Waals surface area contributed by atoms with Gasteiger partial charge < -0.3 is 23.7 Å². The minimum absolute atomic E-state index is 0.103. The summed E-state index contributed by atoms with van der Waals surface area (Å²) in [6.07, 6.45) is -5.54. The molecule has 0 radical (unpaired) electrons. The van der Waals surface area contributed by atoms with Gasteiger partial charge in [0.15, 0.2) is 30.2 Å². The van der Waals surface area contributed by atoms with Crippen molar-refractivity contribution in [2.24, 2.45) is 5.10 Å². The molecule has 1 amide bonds. The molecule has 232 valence electrons. The van der Waals surface area contributed by atoms with E-state index in [9.17, 15) is 28.8 Å². The van der Waals surface area contributed by atoms with Crippen LogP contribution in [0.15, 0.2) is 29.4 Å². The molecule has 4 atom stereocenters. The van der Waals surface area contributed by atoms with Crippen molar-refractivity contribution in [2.75, 3.05) is 11.6 Å². The number of amides is 1. The largest absolute Gasteiger partial charge is 0.462 e. The summed E-state index contributed by atoms with van der Waals surface area (Å²) in [6, 6.07) is 6.59. The molecule has 0 fully saturated rings. The van der Waals surface area contributed by atoms with E-state index in [2.05, 4.69) is 10.1 Å². The molecule has 2 aromatic rings. The summed E-state index contributed by atoms with van der Waals surface area (Å²) in [4.78, 5) is 76.9. The van der Waals surface area contributed by atoms with Gasteiger partial charge in [-0.05, 0) is 36.8 Å². The number of anilines is 1. The molecule has 0 saturated carbocycles. The van der Waals surface area contributed by atoms with Gasteiger partial charge in [-0.1, -0.05) is 11.6 Å². The van der Waals surface area contributed by atoms with Gasteiger partial charge in [0.2, 0.25) is 5.91 Å². The maximum atomic E-state index is 12.7. The third-order valence-electron chi connectivity index (χ3n) is 5.50. The highest BCUT2D eigenvalue weighted by atomic mass is 35.5. The van der Waals surface area contributed by atoms with Gasteiger partial charge in [0, 0.05) is 52.0 Å². The van der Waals surface area contributed by atoms with Crippen LogP contribution < -0.4 is 5.01 Å². The van der Waals surface area contributed by atoms with Crippen molar-refractivity contribution in [1.29, 1.82) is 0 Å². The van der Waals surface area contributed by atoms with E-state index < -0.39 is 66.8 Å². The molecule has 0 aliphatic carbocycles. The minimum Gasteiger partial charge on any atom is -0.462 e. The van der Waals surface area contributed by atoms with E-state index in [1.165, 1.54) is 6.92 Å². The van der Waals surface area contributed by atoms with Gasteiger partial charge in [0.25, 0.3) is 0 Å².